The number of carboxylic acid groups (broad SMARTS) is 1. The molecule has 3 heterocycles. The monoisotopic (exact) mass is 449 g/mol. The fourth-order valence-corrected chi connectivity index (χ4v) is 4.17. The zero-order chi connectivity index (χ0) is 23.5. The second-order valence-corrected chi connectivity index (χ2v) is 8.21. The second kappa shape index (κ2) is 9.27. The smallest absolute Gasteiger partial charge is 0.407 e. The third-order valence-electron chi connectivity index (χ3n) is 5.85. The number of anilines is 2. The number of carbonyl (C=O) groups is 2. The Morgan fingerprint density at radius 1 is 1.24 bits per heavy atom. The highest BCUT2D eigenvalue weighted by Gasteiger charge is 2.33. The Hall–Kier alpha value is -3.95. The van der Waals surface area contributed by atoms with Crippen molar-refractivity contribution in [2.75, 3.05) is 23.8 Å². The Morgan fingerprint density at radius 2 is 2.00 bits per heavy atom. The SMILES string of the molecule is CC(=O)N1c2ccc(-c3cnn(CCN(C)C(=O)O)c3)cc2[C@H](Nc2ncccn2)C[C@@H]1C. The standard InChI is InChI=1S/C23H27N7O3/c1-15-11-20(27-22-24-7-4-8-25-22)19-12-17(5-6-21(19)30(15)16(2)31)18-13-26-29(14-18)10-9-28(3)23(32)33/h4-8,12-15,20H,9-11H2,1-3H3,(H,32,33)(H,24,25,27)/t15-,20+/m0/s1. The highest BCUT2D eigenvalue weighted by Crippen LogP contribution is 2.40. The van der Waals surface area contributed by atoms with Crippen molar-refractivity contribution in [3.8, 4) is 11.1 Å². The maximum Gasteiger partial charge on any atom is 0.407 e. The first kappa shape index (κ1) is 22.3. The Labute approximate surface area is 191 Å². The predicted octanol–water partition coefficient (Wildman–Crippen LogP) is 3.25. The fraction of sp³-hybridized carbons (Fsp3) is 0.348. The molecule has 0 radical (unpaired) electrons. The zero-order valence-electron chi connectivity index (χ0n) is 18.8. The fourth-order valence-electron chi connectivity index (χ4n) is 4.17. The van der Waals surface area contributed by atoms with Crippen molar-refractivity contribution in [3.63, 3.8) is 0 Å². The van der Waals surface area contributed by atoms with Crippen LogP contribution in [0.5, 0.6) is 0 Å². The molecule has 1 aromatic carbocycles. The van der Waals surface area contributed by atoms with Gasteiger partial charge in [-0.05, 0) is 42.7 Å². The number of nitrogens with one attached hydrogen (secondary N) is 1. The number of nitrogens with zero attached hydrogens (tertiary/aromatic N) is 6. The highest BCUT2D eigenvalue weighted by molar-refractivity contribution is 5.94. The van der Waals surface area contributed by atoms with E-state index in [-0.39, 0.29) is 18.0 Å². The topological polar surface area (TPSA) is 116 Å². The summed E-state index contributed by atoms with van der Waals surface area (Å²) in [5, 5.41) is 16.8. The molecule has 0 spiro atoms. The molecule has 2 atom stereocenters. The Kier molecular flexibility index (Phi) is 6.25. The van der Waals surface area contributed by atoms with Crippen LogP contribution in [0, 0.1) is 0 Å². The molecule has 2 aromatic heterocycles. The van der Waals surface area contributed by atoms with E-state index in [0.29, 0.717) is 19.0 Å². The molecule has 0 aliphatic carbocycles. The minimum Gasteiger partial charge on any atom is -0.465 e. The van der Waals surface area contributed by atoms with Gasteiger partial charge in [0.15, 0.2) is 0 Å². The predicted molar refractivity (Wildman–Crippen MR) is 124 cm³/mol. The first-order valence-electron chi connectivity index (χ1n) is 10.8. The summed E-state index contributed by atoms with van der Waals surface area (Å²) in [5.41, 5.74) is 3.74. The van der Waals surface area contributed by atoms with E-state index in [9.17, 15) is 9.59 Å². The van der Waals surface area contributed by atoms with Crippen molar-refractivity contribution in [2.24, 2.45) is 0 Å². The van der Waals surface area contributed by atoms with Gasteiger partial charge in [0.05, 0.1) is 18.8 Å². The number of likely N-dealkylation sites (N-methyl/N-ethyl adjacent to an activating group) is 1. The lowest BCUT2D eigenvalue weighted by atomic mass is 9.89. The van der Waals surface area contributed by atoms with E-state index < -0.39 is 6.09 Å². The maximum atomic E-state index is 12.4. The molecule has 1 aliphatic heterocycles. The summed E-state index contributed by atoms with van der Waals surface area (Å²) < 4.78 is 1.73. The molecule has 3 aromatic rings. The van der Waals surface area contributed by atoms with Gasteiger partial charge in [-0.2, -0.15) is 5.10 Å². The summed E-state index contributed by atoms with van der Waals surface area (Å²) in [6.07, 6.45) is 6.79. The summed E-state index contributed by atoms with van der Waals surface area (Å²) in [5.74, 6) is 0.541. The van der Waals surface area contributed by atoms with Crippen LogP contribution in [0.4, 0.5) is 16.4 Å². The van der Waals surface area contributed by atoms with Gasteiger partial charge in [0.2, 0.25) is 11.9 Å². The lowest BCUT2D eigenvalue weighted by molar-refractivity contribution is -0.117. The lowest BCUT2D eigenvalue weighted by Gasteiger charge is -2.39. The third kappa shape index (κ3) is 4.79. The van der Waals surface area contributed by atoms with E-state index in [0.717, 1.165) is 28.8 Å². The largest absolute Gasteiger partial charge is 0.465 e. The zero-order valence-corrected chi connectivity index (χ0v) is 18.8. The van der Waals surface area contributed by atoms with Gasteiger partial charge in [0.25, 0.3) is 0 Å². The van der Waals surface area contributed by atoms with E-state index in [1.54, 1.807) is 36.3 Å². The number of carbonyl (C=O) groups excluding carboxylic acids is 1. The van der Waals surface area contributed by atoms with Crippen molar-refractivity contribution in [1.82, 2.24) is 24.6 Å². The van der Waals surface area contributed by atoms with Gasteiger partial charge in [-0.1, -0.05) is 6.07 Å². The average Bonchev–Trinajstić information content (AvgIpc) is 3.26. The lowest BCUT2D eigenvalue weighted by Crippen LogP contribution is -2.43. The molecule has 10 nitrogen and oxygen atoms in total. The molecule has 2 amide bonds. The summed E-state index contributed by atoms with van der Waals surface area (Å²) in [6.45, 7) is 4.42. The van der Waals surface area contributed by atoms with Crippen LogP contribution in [-0.4, -0.2) is 61.4 Å². The molecule has 1 aliphatic rings. The van der Waals surface area contributed by atoms with Crippen LogP contribution in [0.2, 0.25) is 0 Å². The first-order valence-corrected chi connectivity index (χ1v) is 10.8. The second-order valence-electron chi connectivity index (χ2n) is 8.21. The Bertz CT molecular complexity index is 1150. The van der Waals surface area contributed by atoms with Crippen LogP contribution < -0.4 is 10.2 Å². The summed E-state index contributed by atoms with van der Waals surface area (Å²) in [4.78, 5) is 35.0. The van der Waals surface area contributed by atoms with Crippen LogP contribution in [0.25, 0.3) is 11.1 Å². The number of benzene rings is 1. The van der Waals surface area contributed by atoms with Gasteiger partial charge in [-0.25, -0.2) is 14.8 Å². The number of aromatic nitrogens is 4. The van der Waals surface area contributed by atoms with Gasteiger partial charge >= 0.3 is 6.09 Å². The van der Waals surface area contributed by atoms with Crippen LogP contribution in [0.3, 0.4) is 0 Å². The van der Waals surface area contributed by atoms with Gasteiger partial charge < -0.3 is 20.2 Å². The summed E-state index contributed by atoms with van der Waals surface area (Å²) in [6, 6.07) is 7.75. The molecule has 10 heteroatoms. The van der Waals surface area contributed by atoms with Gasteiger partial charge in [0.1, 0.15) is 0 Å². The number of amides is 2. The van der Waals surface area contributed by atoms with Gasteiger partial charge in [-0.3, -0.25) is 9.48 Å². The minimum atomic E-state index is -0.970. The number of hydrogen-bond donors (Lipinski definition) is 2. The van der Waals surface area contributed by atoms with Crippen molar-refractivity contribution in [3.05, 3.63) is 54.6 Å². The molecule has 0 saturated carbocycles. The van der Waals surface area contributed by atoms with Crippen LogP contribution in [0.1, 0.15) is 31.9 Å². The van der Waals surface area contributed by atoms with E-state index in [4.69, 9.17) is 5.11 Å². The average molecular weight is 450 g/mol. The molecular formula is C23H27N7O3. The van der Waals surface area contributed by atoms with Crippen LogP contribution in [-0.2, 0) is 11.3 Å². The normalized spacial score (nSPS) is 17.4. The molecule has 4 rings (SSSR count). The number of fused-ring (bicyclic) bond motifs is 1. The molecule has 0 bridgehead atoms. The quantitative estimate of drug-likeness (QED) is 0.593. The molecular weight excluding hydrogens is 422 g/mol. The Morgan fingerprint density at radius 3 is 2.70 bits per heavy atom. The minimum absolute atomic E-state index is 0.00119. The van der Waals surface area contributed by atoms with Crippen molar-refractivity contribution in [1.29, 1.82) is 0 Å². The maximum absolute atomic E-state index is 12.4. The summed E-state index contributed by atoms with van der Waals surface area (Å²) >= 11 is 0. The Balaban J connectivity index is 1.64. The molecule has 0 fully saturated rings. The van der Waals surface area contributed by atoms with E-state index in [1.807, 2.05) is 30.2 Å². The van der Waals surface area contributed by atoms with Crippen molar-refractivity contribution >= 4 is 23.6 Å². The van der Waals surface area contributed by atoms with Crippen molar-refractivity contribution in [2.45, 2.75) is 38.9 Å². The van der Waals surface area contributed by atoms with E-state index in [1.165, 1.54) is 11.9 Å². The van der Waals surface area contributed by atoms with Gasteiger partial charge in [0, 0.05) is 56.4 Å². The van der Waals surface area contributed by atoms with Crippen molar-refractivity contribution < 1.29 is 14.7 Å². The number of rotatable bonds is 6. The molecule has 33 heavy (non-hydrogen) atoms. The molecule has 0 saturated heterocycles. The molecule has 172 valence electrons. The first-order chi connectivity index (χ1) is 15.8. The van der Waals surface area contributed by atoms with Gasteiger partial charge in [-0.15, -0.1) is 0 Å². The molecule has 2 N–H and O–H groups in total. The van der Waals surface area contributed by atoms with E-state index in [2.05, 4.69) is 26.4 Å². The molecule has 0 unspecified atom stereocenters. The van der Waals surface area contributed by atoms with Crippen LogP contribution in [0.15, 0.2) is 49.1 Å². The van der Waals surface area contributed by atoms with E-state index >= 15 is 0 Å². The third-order valence-corrected chi connectivity index (χ3v) is 5.85. The summed E-state index contributed by atoms with van der Waals surface area (Å²) in [7, 11) is 1.53. The highest BCUT2D eigenvalue weighted by atomic mass is 16.4. The number of hydrogen-bond acceptors (Lipinski definition) is 6. The van der Waals surface area contributed by atoms with Crippen LogP contribution >= 0.6 is 0 Å².